The number of aliphatic hydroxyl groups is 1. The second kappa shape index (κ2) is 4.79. The lowest BCUT2D eigenvalue weighted by molar-refractivity contribution is -0.120. The molecule has 0 bridgehead atoms. The van der Waals surface area contributed by atoms with Crippen LogP contribution < -0.4 is 0 Å². The highest BCUT2D eigenvalue weighted by Crippen LogP contribution is 2.34. The van der Waals surface area contributed by atoms with Gasteiger partial charge in [-0.3, -0.25) is 4.79 Å². The van der Waals surface area contributed by atoms with Crippen LogP contribution in [-0.4, -0.2) is 17.0 Å². The summed E-state index contributed by atoms with van der Waals surface area (Å²) in [6, 6.07) is 10.2. The molecule has 0 aromatic heterocycles. The molecule has 1 unspecified atom stereocenters. The van der Waals surface area contributed by atoms with Crippen LogP contribution in [0.4, 0.5) is 0 Å². The summed E-state index contributed by atoms with van der Waals surface area (Å²) in [7, 11) is 0. The highest BCUT2D eigenvalue weighted by Gasteiger charge is 2.34. The van der Waals surface area contributed by atoms with Crippen LogP contribution in [0.3, 0.4) is 0 Å². The van der Waals surface area contributed by atoms with Gasteiger partial charge in [-0.05, 0) is 37.7 Å². The molecule has 0 aliphatic heterocycles. The number of rotatable bonds is 3. The molecular formula is C14H18O2. The SMILES string of the molecule is CC(=O)[C@@H]1CC(O)[C@@H](Cc2ccccc2)C1. The average Bonchev–Trinajstić information content (AvgIpc) is 2.62. The Bertz CT molecular complexity index is 358. The minimum atomic E-state index is -0.311. The predicted octanol–water partition coefficient (Wildman–Crippen LogP) is 2.21. The van der Waals surface area contributed by atoms with Crippen molar-refractivity contribution in [2.45, 2.75) is 32.3 Å². The van der Waals surface area contributed by atoms with Crippen molar-refractivity contribution in [3.05, 3.63) is 35.9 Å². The van der Waals surface area contributed by atoms with Gasteiger partial charge in [0.1, 0.15) is 5.78 Å². The predicted molar refractivity (Wildman–Crippen MR) is 63.0 cm³/mol. The normalized spacial score (nSPS) is 29.2. The molecule has 1 N–H and O–H groups in total. The van der Waals surface area contributed by atoms with E-state index in [1.165, 1.54) is 5.56 Å². The summed E-state index contributed by atoms with van der Waals surface area (Å²) >= 11 is 0. The van der Waals surface area contributed by atoms with Gasteiger partial charge in [-0.25, -0.2) is 0 Å². The summed E-state index contributed by atoms with van der Waals surface area (Å²) < 4.78 is 0. The third-order valence-corrected chi connectivity index (χ3v) is 3.57. The largest absolute Gasteiger partial charge is 0.393 e. The third-order valence-electron chi connectivity index (χ3n) is 3.57. The molecule has 2 rings (SSSR count). The molecule has 0 heterocycles. The highest BCUT2D eigenvalue weighted by molar-refractivity contribution is 5.78. The molecule has 3 atom stereocenters. The average molecular weight is 218 g/mol. The molecule has 1 aromatic carbocycles. The lowest BCUT2D eigenvalue weighted by Gasteiger charge is -2.13. The van der Waals surface area contributed by atoms with E-state index in [1.807, 2.05) is 18.2 Å². The van der Waals surface area contributed by atoms with Crippen LogP contribution in [0, 0.1) is 11.8 Å². The highest BCUT2D eigenvalue weighted by atomic mass is 16.3. The van der Waals surface area contributed by atoms with E-state index in [0.29, 0.717) is 6.42 Å². The Morgan fingerprint density at radius 3 is 2.56 bits per heavy atom. The summed E-state index contributed by atoms with van der Waals surface area (Å²) in [5, 5.41) is 9.92. The van der Waals surface area contributed by atoms with Crippen LogP contribution >= 0.6 is 0 Å². The molecule has 2 nitrogen and oxygen atoms in total. The zero-order chi connectivity index (χ0) is 11.5. The fourth-order valence-corrected chi connectivity index (χ4v) is 2.57. The summed E-state index contributed by atoms with van der Waals surface area (Å²) in [5.74, 6) is 0.537. The first-order chi connectivity index (χ1) is 7.66. The summed E-state index contributed by atoms with van der Waals surface area (Å²) in [5.41, 5.74) is 1.25. The fourth-order valence-electron chi connectivity index (χ4n) is 2.57. The van der Waals surface area contributed by atoms with Crippen LogP contribution in [0.15, 0.2) is 30.3 Å². The Morgan fingerprint density at radius 1 is 1.31 bits per heavy atom. The van der Waals surface area contributed by atoms with Crippen molar-refractivity contribution in [1.82, 2.24) is 0 Å². The third kappa shape index (κ3) is 2.50. The van der Waals surface area contributed by atoms with Crippen molar-refractivity contribution in [2.24, 2.45) is 11.8 Å². The maximum absolute atomic E-state index is 11.3. The van der Waals surface area contributed by atoms with E-state index in [2.05, 4.69) is 12.1 Å². The van der Waals surface area contributed by atoms with Crippen molar-refractivity contribution < 1.29 is 9.90 Å². The molecule has 1 fully saturated rings. The topological polar surface area (TPSA) is 37.3 Å². The number of ketones is 1. The van der Waals surface area contributed by atoms with Crippen LogP contribution in [0.5, 0.6) is 0 Å². The summed E-state index contributed by atoms with van der Waals surface area (Å²) in [6.07, 6.45) is 2.05. The number of hydrogen-bond donors (Lipinski definition) is 1. The minimum absolute atomic E-state index is 0.0729. The molecule has 1 saturated carbocycles. The number of Topliss-reactive ketones (excluding diaryl/α,β-unsaturated/α-hetero) is 1. The molecule has 1 aliphatic carbocycles. The van der Waals surface area contributed by atoms with E-state index in [4.69, 9.17) is 0 Å². The molecular weight excluding hydrogens is 200 g/mol. The monoisotopic (exact) mass is 218 g/mol. The first kappa shape index (κ1) is 11.3. The van der Waals surface area contributed by atoms with Gasteiger partial charge >= 0.3 is 0 Å². The van der Waals surface area contributed by atoms with Crippen LogP contribution in [0.1, 0.15) is 25.3 Å². The van der Waals surface area contributed by atoms with Gasteiger partial charge in [0.25, 0.3) is 0 Å². The van der Waals surface area contributed by atoms with Gasteiger partial charge in [-0.1, -0.05) is 30.3 Å². The molecule has 0 radical (unpaired) electrons. The lowest BCUT2D eigenvalue weighted by Crippen LogP contribution is -2.15. The first-order valence-corrected chi connectivity index (χ1v) is 5.89. The minimum Gasteiger partial charge on any atom is -0.393 e. The van der Waals surface area contributed by atoms with Crippen LogP contribution in [0.2, 0.25) is 0 Å². The van der Waals surface area contributed by atoms with E-state index in [0.717, 1.165) is 12.8 Å². The van der Waals surface area contributed by atoms with Crippen molar-refractivity contribution >= 4 is 5.78 Å². The molecule has 1 aromatic rings. The van der Waals surface area contributed by atoms with Crippen molar-refractivity contribution in [3.63, 3.8) is 0 Å². The number of carbonyl (C=O) groups excluding carboxylic acids is 1. The number of benzene rings is 1. The van der Waals surface area contributed by atoms with Crippen molar-refractivity contribution in [1.29, 1.82) is 0 Å². The number of hydrogen-bond acceptors (Lipinski definition) is 2. The summed E-state index contributed by atoms with van der Waals surface area (Å²) in [4.78, 5) is 11.3. The van der Waals surface area contributed by atoms with Crippen LogP contribution in [0.25, 0.3) is 0 Å². The quantitative estimate of drug-likeness (QED) is 0.844. The van der Waals surface area contributed by atoms with Crippen molar-refractivity contribution in [2.75, 3.05) is 0 Å². The van der Waals surface area contributed by atoms with E-state index < -0.39 is 0 Å². The Morgan fingerprint density at radius 2 is 2.00 bits per heavy atom. The molecule has 86 valence electrons. The Labute approximate surface area is 96.3 Å². The zero-order valence-electron chi connectivity index (χ0n) is 9.60. The standard InChI is InChI=1S/C14H18O2/c1-10(15)12-8-13(14(16)9-12)7-11-5-3-2-4-6-11/h2-6,12-14,16H,7-9H2,1H3/t12-,13-,14?/m0/s1. The van der Waals surface area contributed by atoms with E-state index in [1.54, 1.807) is 6.92 Å². The van der Waals surface area contributed by atoms with E-state index in [-0.39, 0.29) is 23.7 Å². The second-order valence-corrected chi connectivity index (χ2v) is 4.80. The Balaban J connectivity index is 1.99. The van der Waals surface area contributed by atoms with Crippen molar-refractivity contribution in [3.8, 4) is 0 Å². The molecule has 2 heteroatoms. The van der Waals surface area contributed by atoms with Gasteiger partial charge in [0.15, 0.2) is 0 Å². The van der Waals surface area contributed by atoms with Gasteiger partial charge in [-0.2, -0.15) is 0 Å². The first-order valence-electron chi connectivity index (χ1n) is 5.89. The smallest absolute Gasteiger partial charge is 0.133 e. The zero-order valence-corrected chi connectivity index (χ0v) is 9.60. The van der Waals surface area contributed by atoms with E-state index >= 15 is 0 Å². The van der Waals surface area contributed by atoms with Gasteiger partial charge in [0.2, 0.25) is 0 Å². The van der Waals surface area contributed by atoms with Gasteiger partial charge in [0, 0.05) is 5.92 Å². The molecule has 0 spiro atoms. The van der Waals surface area contributed by atoms with Gasteiger partial charge < -0.3 is 5.11 Å². The molecule has 1 aliphatic rings. The van der Waals surface area contributed by atoms with Gasteiger partial charge in [0.05, 0.1) is 6.10 Å². The number of carbonyl (C=O) groups is 1. The maximum Gasteiger partial charge on any atom is 0.133 e. The second-order valence-electron chi connectivity index (χ2n) is 4.80. The van der Waals surface area contributed by atoms with E-state index in [9.17, 15) is 9.90 Å². The van der Waals surface area contributed by atoms with Crippen LogP contribution in [-0.2, 0) is 11.2 Å². The molecule has 0 saturated heterocycles. The van der Waals surface area contributed by atoms with Gasteiger partial charge in [-0.15, -0.1) is 0 Å². The fraction of sp³-hybridized carbons (Fsp3) is 0.500. The maximum atomic E-state index is 11.3. The Kier molecular flexibility index (Phi) is 3.39. The Hall–Kier alpha value is -1.15. The molecule has 16 heavy (non-hydrogen) atoms. The lowest BCUT2D eigenvalue weighted by atomic mass is 9.95. The summed E-state index contributed by atoms with van der Waals surface area (Å²) in [6.45, 7) is 1.63. The molecule has 0 amide bonds. The number of aliphatic hydroxyl groups excluding tert-OH is 1.